The van der Waals surface area contributed by atoms with Gasteiger partial charge in [-0.1, -0.05) is 12.1 Å². The normalized spacial score (nSPS) is 29.3. The molecule has 9 heteroatoms. The third-order valence-electron chi connectivity index (χ3n) is 6.59. The Labute approximate surface area is 229 Å². The highest BCUT2D eigenvalue weighted by Gasteiger charge is 2.40. The largest absolute Gasteiger partial charge is 0.488 e. The molecule has 8 nitrogen and oxygen atoms in total. The lowest BCUT2D eigenvalue weighted by molar-refractivity contribution is -0.182. The zero-order chi connectivity index (χ0) is 31.8. The van der Waals surface area contributed by atoms with Crippen LogP contribution in [0.4, 0.5) is 4.39 Å². The Bertz CT molecular complexity index is 1500. The molecule has 3 aliphatic rings. The molecule has 3 heterocycles. The van der Waals surface area contributed by atoms with Crippen LogP contribution in [0, 0.1) is 5.82 Å². The van der Waals surface area contributed by atoms with Crippen LogP contribution >= 0.6 is 0 Å². The molecule has 2 aromatic rings. The minimum atomic E-state index is -3.38. The van der Waals surface area contributed by atoms with Crippen LogP contribution in [0.25, 0.3) is 0 Å². The average Bonchev–Trinajstić information content (AvgIpc) is 3.22. The van der Waals surface area contributed by atoms with Crippen LogP contribution in [0.5, 0.6) is 5.75 Å². The van der Waals surface area contributed by atoms with Crippen LogP contribution in [0.2, 0.25) is 0 Å². The quantitative estimate of drug-likeness (QED) is 0.577. The second-order valence-corrected chi connectivity index (χ2v) is 11.0. The average molecular weight is 529 g/mol. The van der Waals surface area contributed by atoms with Crippen molar-refractivity contribution in [2.75, 3.05) is 13.1 Å². The highest BCUT2D eigenvalue weighted by Crippen LogP contribution is 2.34. The number of piperidine rings is 1. The first-order chi connectivity index (χ1) is 19.8. The first-order valence-corrected chi connectivity index (χ1v) is 12.4. The minimum Gasteiger partial charge on any atom is -0.488 e. The fraction of sp³-hybridized carbons (Fsp3) is 0.483. The Morgan fingerprint density at radius 3 is 2.63 bits per heavy atom. The van der Waals surface area contributed by atoms with Gasteiger partial charge in [0.1, 0.15) is 24.2 Å². The van der Waals surface area contributed by atoms with Crippen molar-refractivity contribution in [1.82, 2.24) is 15.1 Å². The van der Waals surface area contributed by atoms with Crippen molar-refractivity contribution in [3.63, 3.8) is 0 Å². The zero-order valence-electron chi connectivity index (χ0n) is 26.8. The Balaban J connectivity index is 1.36. The van der Waals surface area contributed by atoms with Gasteiger partial charge in [0.15, 0.2) is 0 Å². The number of hydrogen-bond donors (Lipinski definition) is 1. The van der Waals surface area contributed by atoms with Crippen molar-refractivity contribution >= 4 is 17.7 Å². The van der Waals surface area contributed by atoms with Gasteiger partial charge in [-0.2, -0.15) is 0 Å². The van der Waals surface area contributed by atoms with Gasteiger partial charge >= 0.3 is 0 Å². The van der Waals surface area contributed by atoms with E-state index in [-0.39, 0.29) is 40.2 Å². The highest BCUT2D eigenvalue weighted by molar-refractivity contribution is 6.05. The van der Waals surface area contributed by atoms with E-state index in [4.69, 9.17) is 16.3 Å². The molecule has 0 radical (unpaired) electrons. The molecule has 38 heavy (non-hydrogen) atoms. The molecule has 3 amide bonds. The molecule has 0 aliphatic carbocycles. The van der Waals surface area contributed by atoms with E-state index in [0.29, 0.717) is 24.5 Å². The SMILES string of the molecule is [2H]C1([2H])C(=O)NC(=O)C([2H])(N2Cc3c(OCc4cc(CN5CC(C)(C)OC(C)(C)C5)ccc4F)cccc3C2=O)C1([2H])[2H]. The molecule has 0 aromatic heterocycles. The van der Waals surface area contributed by atoms with Gasteiger partial charge in [0, 0.05) is 48.2 Å². The molecule has 0 bridgehead atoms. The van der Waals surface area contributed by atoms with Crippen molar-refractivity contribution in [2.24, 2.45) is 0 Å². The molecule has 202 valence electrons. The lowest BCUT2D eigenvalue weighted by Gasteiger charge is -2.47. The number of carbonyl (C=O) groups excluding carboxylic acids is 3. The number of nitrogens with one attached hydrogen (secondary N) is 1. The van der Waals surface area contributed by atoms with E-state index < -0.39 is 48.8 Å². The van der Waals surface area contributed by atoms with Gasteiger partial charge in [0.05, 0.1) is 19.1 Å². The molecular formula is C29H34FN3O5. The van der Waals surface area contributed by atoms with Crippen molar-refractivity contribution in [3.8, 4) is 5.75 Å². The van der Waals surface area contributed by atoms with Crippen LogP contribution in [-0.4, -0.2) is 57.8 Å². The summed E-state index contributed by atoms with van der Waals surface area (Å²) in [5.41, 5.74) is 0.709. The number of imide groups is 1. The fourth-order valence-corrected chi connectivity index (χ4v) is 5.48. The Morgan fingerprint density at radius 2 is 1.89 bits per heavy atom. The first kappa shape index (κ1) is 20.6. The standard InChI is InChI=1S/C29H34FN3O5/c1-28(2)16-32(17-29(3,4)38-28)13-18-8-9-22(30)19(12-18)15-37-24-7-5-6-20-21(24)14-33(27(20)36)23-10-11-25(34)31-26(23)35/h5-9,12,23H,10-11,13-17H2,1-4H3,(H,31,34,35)/i10D2,11D2,23D. The second kappa shape index (κ2) is 9.78. The highest BCUT2D eigenvalue weighted by atomic mass is 19.1. The van der Waals surface area contributed by atoms with Crippen molar-refractivity contribution in [3.05, 3.63) is 64.5 Å². The number of fused-ring (bicyclic) bond motifs is 1. The molecule has 2 aromatic carbocycles. The number of amides is 3. The molecule has 1 unspecified atom stereocenters. The van der Waals surface area contributed by atoms with E-state index in [0.717, 1.165) is 5.56 Å². The van der Waals surface area contributed by atoms with E-state index in [1.807, 2.05) is 27.7 Å². The first-order valence-electron chi connectivity index (χ1n) is 14.9. The minimum absolute atomic E-state index is 0.0250. The number of hydrogen-bond acceptors (Lipinski definition) is 6. The summed E-state index contributed by atoms with van der Waals surface area (Å²) >= 11 is 0. The Hall–Kier alpha value is -3.30. The molecular weight excluding hydrogens is 489 g/mol. The zero-order valence-corrected chi connectivity index (χ0v) is 21.8. The van der Waals surface area contributed by atoms with Crippen molar-refractivity contribution in [1.29, 1.82) is 0 Å². The second-order valence-electron chi connectivity index (χ2n) is 11.0. The van der Waals surface area contributed by atoms with Gasteiger partial charge in [-0.15, -0.1) is 0 Å². The summed E-state index contributed by atoms with van der Waals surface area (Å²) in [5, 5.41) is 1.69. The van der Waals surface area contributed by atoms with E-state index in [2.05, 4.69) is 4.90 Å². The molecule has 1 atom stereocenters. The number of ether oxygens (including phenoxy) is 2. The van der Waals surface area contributed by atoms with Crippen LogP contribution in [0.1, 0.15) is 74.3 Å². The van der Waals surface area contributed by atoms with Gasteiger partial charge < -0.3 is 14.4 Å². The van der Waals surface area contributed by atoms with Crippen molar-refractivity contribution in [2.45, 2.75) is 77.4 Å². The number of morpholine rings is 1. The van der Waals surface area contributed by atoms with E-state index in [1.165, 1.54) is 24.3 Å². The Morgan fingerprint density at radius 1 is 1.16 bits per heavy atom. The predicted octanol–water partition coefficient (Wildman–Crippen LogP) is 3.56. The van der Waals surface area contributed by atoms with E-state index in [1.54, 1.807) is 17.4 Å². The predicted molar refractivity (Wildman–Crippen MR) is 138 cm³/mol. The third kappa shape index (κ3) is 5.44. The summed E-state index contributed by atoms with van der Waals surface area (Å²) in [7, 11) is 0. The molecule has 0 spiro atoms. The number of nitrogens with zero attached hydrogens (tertiary/aromatic N) is 2. The van der Waals surface area contributed by atoms with Gasteiger partial charge in [0.25, 0.3) is 5.91 Å². The van der Waals surface area contributed by atoms with Crippen LogP contribution in [0.3, 0.4) is 0 Å². The summed E-state index contributed by atoms with van der Waals surface area (Å²) in [4.78, 5) is 41.0. The lowest BCUT2D eigenvalue weighted by atomic mass is 9.98. The molecule has 1 N–H and O–H groups in total. The third-order valence-corrected chi connectivity index (χ3v) is 6.59. The molecule has 5 rings (SSSR count). The molecule has 2 fully saturated rings. The maximum absolute atomic E-state index is 14.9. The van der Waals surface area contributed by atoms with Crippen LogP contribution in [-0.2, 0) is 34.0 Å². The monoisotopic (exact) mass is 528 g/mol. The van der Waals surface area contributed by atoms with E-state index >= 15 is 0 Å². The summed E-state index contributed by atoms with van der Waals surface area (Å²) in [6, 6.07) is 6.14. The van der Waals surface area contributed by atoms with Gasteiger partial charge in [0.2, 0.25) is 11.8 Å². The smallest absolute Gasteiger partial charge is 0.255 e. The van der Waals surface area contributed by atoms with Crippen LogP contribution in [0.15, 0.2) is 36.4 Å². The molecule has 3 aliphatic heterocycles. The Kier molecular flexibility index (Phi) is 5.31. The number of rotatable bonds is 6. The topological polar surface area (TPSA) is 88.2 Å². The number of benzene rings is 2. The van der Waals surface area contributed by atoms with Crippen molar-refractivity contribution < 1.29 is 35.1 Å². The summed E-state index contributed by atoms with van der Waals surface area (Å²) in [6.07, 6.45) is -6.65. The fourth-order valence-electron chi connectivity index (χ4n) is 5.48. The molecule has 0 saturated carbocycles. The summed E-state index contributed by atoms with van der Waals surface area (Å²) in [5.74, 6) is -4.20. The number of halogens is 1. The van der Waals surface area contributed by atoms with Crippen LogP contribution < -0.4 is 10.1 Å². The lowest BCUT2D eigenvalue weighted by Crippen LogP contribution is -2.56. The van der Waals surface area contributed by atoms with E-state index in [9.17, 15) is 18.8 Å². The number of carbonyl (C=O) groups is 3. The maximum Gasteiger partial charge on any atom is 0.255 e. The molecule has 2 saturated heterocycles. The summed E-state index contributed by atoms with van der Waals surface area (Å²) < 4.78 is 68.1. The maximum atomic E-state index is 14.9. The van der Waals surface area contributed by atoms with Gasteiger partial charge in [-0.3, -0.25) is 24.6 Å². The summed E-state index contributed by atoms with van der Waals surface area (Å²) in [6.45, 7) is 9.42. The van der Waals surface area contributed by atoms with Gasteiger partial charge in [-0.05, 0) is 63.9 Å². The van der Waals surface area contributed by atoms with Gasteiger partial charge in [-0.25, -0.2) is 4.39 Å².